The lowest BCUT2D eigenvalue weighted by Gasteiger charge is -2.55. The van der Waals surface area contributed by atoms with Crippen LogP contribution in [0.15, 0.2) is 134 Å². The lowest BCUT2D eigenvalue weighted by atomic mass is 9.73. The number of aryl methyl sites for hydroxylation is 2. The summed E-state index contributed by atoms with van der Waals surface area (Å²) in [6, 6.07) is 34.9. The number of nitrogens with one attached hydrogen (secondary N) is 4. The van der Waals surface area contributed by atoms with Crippen LogP contribution in [0.4, 0.5) is 0 Å². The fourth-order valence-corrected chi connectivity index (χ4v) is 10.7. The SMILES string of the molecule is COc1ccc(C[C@@H](NC(=O)CCc2cnc[nH]2)C(=O)N2CC[C@@]2(CC2CC2)c2ccccc2)cc1.COc1ccc(C[C@@H](NC(=O)CCc2cnc[nH]2)C(=O)N2CC[C@@]2(c2ccccc2)C2CC2)cc1. The van der Waals surface area contributed by atoms with E-state index >= 15 is 0 Å². The first-order chi connectivity index (χ1) is 34.7. The maximum Gasteiger partial charge on any atom is 0.246 e. The number of hydrogen-bond acceptors (Lipinski definition) is 8. The molecular weight excluding hydrogens is 893 g/mol. The Morgan fingerprint density at radius 2 is 1.10 bits per heavy atom. The quantitative estimate of drug-likeness (QED) is 0.0570. The Balaban J connectivity index is 0.000000176. The van der Waals surface area contributed by atoms with Crippen molar-refractivity contribution in [3.05, 3.63) is 168 Å². The van der Waals surface area contributed by atoms with Gasteiger partial charge in [-0.15, -0.1) is 0 Å². The topological polar surface area (TPSA) is 175 Å². The number of rotatable bonds is 21. The van der Waals surface area contributed by atoms with Crippen molar-refractivity contribution in [3.63, 3.8) is 0 Å². The molecule has 370 valence electrons. The van der Waals surface area contributed by atoms with Gasteiger partial charge in [-0.1, -0.05) is 97.8 Å². The molecule has 4 aliphatic rings. The summed E-state index contributed by atoms with van der Waals surface area (Å²) in [4.78, 5) is 72.1. The van der Waals surface area contributed by atoms with Gasteiger partial charge in [-0.2, -0.15) is 0 Å². The molecule has 0 bridgehead atoms. The van der Waals surface area contributed by atoms with E-state index in [1.807, 2.05) is 82.6 Å². The molecule has 0 radical (unpaired) electrons. The van der Waals surface area contributed by atoms with Gasteiger partial charge in [-0.3, -0.25) is 19.2 Å². The lowest BCUT2D eigenvalue weighted by molar-refractivity contribution is -0.155. The van der Waals surface area contributed by atoms with Crippen LogP contribution in [0.1, 0.15) is 91.4 Å². The summed E-state index contributed by atoms with van der Waals surface area (Å²) in [6.07, 6.45) is 16.9. The molecule has 2 aliphatic carbocycles. The zero-order valence-electron chi connectivity index (χ0n) is 40.9. The predicted molar refractivity (Wildman–Crippen MR) is 270 cm³/mol. The Labute approximate surface area is 416 Å². The van der Waals surface area contributed by atoms with Gasteiger partial charge in [0.2, 0.25) is 23.6 Å². The van der Waals surface area contributed by atoms with Gasteiger partial charge >= 0.3 is 0 Å². The van der Waals surface area contributed by atoms with E-state index in [1.165, 1.54) is 24.0 Å². The van der Waals surface area contributed by atoms with Crippen LogP contribution >= 0.6 is 0 Å². The number of nitrogens with zero attached hydrogens (tertiary/aromatic N) is 4. The minimum atomic E-state index is -0.629. The molecule has 2 saturated heterocycles. The molecular formula is C57H66N8O6. The molecule has 2 aromatic heterocycles. The smallest absolute Gasteiger partial charge is 0.246 e. The number of methoxy groups -OCH3 is 2. The van der Waals surface area contributed by atoms with E-state index in [-0.39, 0.29) is 34.7 Å². The highest BCUT2D eigenvalue weighted by Crippen LogP contribution is 2.56. The van der Waals surface area contributed by atoms with Gasteiger partial charge < -0.3 is 39.9 Å². The molecule has 6 aromatic rings. The minimum absolute atomic E-state index is 0.00212. The summed E-state index contributed by atoms with van der Waals surface area (Å²) in [7, 11) is 3.26. The molecule has 4 aromatic carbocycles. The minimum Gasteiger partial charge on any atom is -0.497 e. The fraction of sp³-hybridized carbons (Fsp3) is 0.404. The van der Waals surface area contributed by atoms with Crippen molar-refractivity contribution in [1.29, 1.82) is 0 Å². The molecule has 2 aliphatic heterocycles. The second-order valence-electron chi connectivity index (χ2n) is 19.6. The monoisotopic (exact) mass is 959 g/mol. The summed E-state index contributed by atoms with van der Waals surface area (Å²) in [5, 5.41) is 6.13. The van der Waals surface area contributed by atoms with Crippen molar-refractivity contribution in [1.82, 2.24) is 40.4 Å². The van der Waals surface area contributed by atoms with Crippen molar-refractivity contribution >= 4 is 23.6 Å². The van der Waals surface area contributed by atoms with Gasteiger partial charge in [0.25, 0.3) is 0 Å². The summed E-state index contributed by atoms with van der Waals surface area (Å²) in [5.74, 6) is 2.41. The Bertz CT molecular complexity index is 2670. The Morgan fingerprint density at radius 1 is 0.620 bits per heavy atom. The van der Waals surface area contributed by atoms with Crippen LogP contribution in [0.2, 0.25) is 0 Å². The van der Waals surface area contributed by atoms with E-state index in [1.54, 1.807) is 39.3 Å². The van der Waals surface area contributed by atoms with E-state index in [4.69, 9.17) is 9.47 Å². The number of carbonyl (C=O) groups is 4. The van der Waals surface area contributed by atoms with Gasteiger partial charge in [0.1, 0.15) is 23.6 Å². The van der Waals surface area contributed by atoms with Gasteiger partial charge in [0.05, 0.1) is 38.0 Å². The van der Waals surface area contributed by atoms with Crippen molar-refractivity contribution in [3.8, 4) is 11.5 Å². The number of amides is 4. The molecule has 0 unspecified atom stereocenters. The standard InChI is InChI=1S/C29H34N4O3.C28H32N4O3/c1-36-25-12-9-21(10-13-25)17-26(32-27(34)14-11-24-19-30-20-31-24)28(35)33-16-15-29(33,18-22-7-8-22)23-5-3-2-4-6-23;1-35-24-12-7-20(8-13-24)17-25(31-26(33)14-11-23-18-29-19-30-23)27(34)32-16-15-28(32,22-9-10-22)21-5-3-2-4-6-21/h2-6,9-10,12-13,19-20,22,26H,7-8,11,14-18H2,1H3,(H,30,31)(H,32,34);2-8,12-13,18-19,22,25H,9-11,14-17H2,1H3,(H,29,30)(H,31,33)/t26-,29-;25-,28-/m11/s1. The van der Waals surface area contributed by atoms with E-state index in [0.717, 1.165) is 66.1 Å². The van der Waals surface area contributed by atoms with E-state index < -0.39 is 12.1 Å². The number of H-pyrrole nitrogens is 2. The molecule has 2 saturated carbocycles. The average molecular weight is 959 g/mol. The first-order valence-corrected chi connectivity index (χ1v) is 25.2. The number of ether oxygens (including phenoxy) is 2. The number of imidazole rings is 2. The second-order valence-corrected chi connectivity index (χ2v) is 19.6. The first-order valence-electron chi connectivity index (χ1n) is 25.2. The van der Waals surface area contributed by atoms with Crippen LogP contribution < -0.4 is 20.1 Å². The van der Waals surface area contributed by atoms with Gasteiger partial charge in [0, 0.05) is 62.6 Å². The molecule has 4 atom stereocenters. The van der Waals surface area contributed by atoms with Crippen LogP contribution in [0, 0.1) is 11.8 Å². The number of likely N-dealkylation sites (tertiary alicyclic amines) is 2. The van der Waals surface area contributed by atoms with Crippen molar-refractivity contribution in [2.24, 2.45) is 11.8 Å². The summed E-state index contributed by atoms with van der Waals surface area (Å²) >= 11 is 0. The van der Waals surface area contributed by atoms with E-state index in [9.17, 15) is 19.2 Å². The third-order valence-corrected chi connectivity index (χ3v) is 15.0. The summed E-state index contributed by atoms with van der Waals surface area (Å²) < 4.78 is 10.6. The number of hydrogen-bond donors (Lipinski definition) is 4. The molecule has 0 spiro atoms. The predicted octanol–water partition coefficient (Wildman–Crippen LogP) is 7.62. The van der Waals surface area contributed by atoms with Crippen LogP contribution in [0.5, 0.6) is 11.5 Å². The maximum atomic E-state index is 14.1. The number of aromatic nitrogens is 4. The zero-order chi connectivity index (χ0) is 49.2. The van der Waals surface area contributed by atoms with Gasteiger partial charge in [0.15, 0.2) is 0 Å². The van der Waals surface area contributed by atoms with Crippen molar-refractivity contribution < 1.29 is 28.7 Å². The van der Waals surface area contributed by atoms with Crippen LogP contribution in [-0.2, 0) is 55.9 Å². The van der Waals surface area contributed by atoms with E-state index in [2.05, 4.69) is 67.0 Å². The highest BCUT2D eigenvalue weighted by Gasteiger charge is 2.58. The third kappa shape index (κ3) is 11.5. The molecule has 4 fully saturated rings. The lowest BCUT2D eigenvalue weighted by Crippen LogP contribution is -2.65. The van der Waals surface area contributed by atoms with E-state index in [0.29, 0.717) is 63.5 Å². The molecule has 10 rings (SSSR count). The highest BCUT2D eigenvalue weighted by atomic mass is 16.5. The largest absolute Gasteiger partial charge is 0.497 e. The fourth-order valence-electron chi connectivity index (χ4n) is 10.7. The maximum absolute atomic E-state index is 14.1. The number of benzene rings is 4. The van der Waals surface area contributed by atoms with Crippen LogP contribution in [0.25, 0.3) is 0 Å². The van der Waals surface area contributed by atoms with Gasteiger partial charge in [-0.05, 0) is 103 Å². The molecule has 4 N–H and O–H groups in total. The normalized spacial score (nSPS) is 20.0. The molecule has 14 nitrogen and oxygen atoms in total. The summed E-state index contributed by atoms with van der Waals surface area (Å²) in [5.41, 5.74) is 5.64. The van der Waals surface area contributed by atoms with Gasteiger partial charge in [-0.25, -0.2) is 9.97 Å². The third-order valence-electron chi connectivity index (χ3n) is 15.0. The van der Waals surface area contributed by atoms with Crippen LogP contribution in [-0.4, -0.2) is 92.8 Å². The van der Waals surface area contributed by atoms with Crippen molar-refractivity contribution in [2.75, 3.05) is 27.3 Å². The Morgan fingerprint density at radius 3 is 1.49 bits per heavy atom. The second kappa shape index (κ2) is 22.2. The Kier molecular flexibility index (Phi) is 15.3. The van der Waals surface area contributed by atoms with Crippen LogP contribution in [0.3, 0.4) is 0 Å². The zero-order valence-corrected chi connectivity index (χ0v) is 40.9. The highest BCUT2D eigenvalue weighted by molar-refractivity contribution is 5.90. The Hall–Kier alpha value is -7.22. The number of aromatic amines is 2. The molecule has 4 amide bonds. The summed E-state index contributed by atoms with van der Waals surface area (Å²) in [6.45, 7) is 1.43. The average Bonchev–Trinajstić information content (AvgIpc) is 4.29. The molecule has 71 heavy (non-hydrogen) atoms. The first kappa shape index (κ1) is 48.8. The molecule has 14 heteroatoms. The van der Waals surface area contributed by atoms with Crippen molar-refractivity contribution in [2.45, 2.75) is 107 Å². The number of carbonyl (C=O) groups excluding carboxylic acids is 4. The molecule has 4 heterocycles.